The molecule has 1 atom stereocenters. The number of rotatable bonds is 2. The van der Waals surface area contributed by atoms with Gasteiger partial charge in [0.25, 0.3) is 0 Å². The molecule has 1 saturated heterocycles. The first kappa shape index (κ1) is 13.2. The topological polar surface area (TPSA) is 12.0 Å². The highest BCUT2D eigenvalue weighted by molar-refractivity contribution is 5.64. The molecule has 1 aliphatic rings. The van der Waals surface area contributed by atoms with Crippen molar-refractivity contribution in [2.24, 2.45) is 0 Å². The van der Waals surface area contributed by atoms with E-state index in [1.54, 1.807) is 0 Å². The average Bonchev–Trinajstić information content (AvgIpc) is 2.37. The van der Waals surface area contributed by atoms with Crippen LogP contribution in [0.25, 0.3) is 11.1 Å². The Hall–Kier alpha value is -1.81. The van der Waals surface area contributed by atoms with E-state index in [0.717, 1.165) is 36.2 Å². The molecule has 1 fully saturated rings. The number of halogens is 3. The van der Waals surface area contributed by atoms with Gasteiger partial charge in [-0.2, -0.15) is 13.2 Å². The molecule has 2 aromatic carbocycles. The van der Waals surface area contributed by atoms with E-state index in [1.807, 2.05) is 24.3 Å². The highest BCUT2D eigenvalue weighted by Gasteiger charge is 2.29. The summed E-state index contributed by atoms with van der Waals surface area (Å²) in [5.41, 5.74) is 2.34. The van der Waals surface area contributed by atoms with Gasteiger partial charge in [-0.25, -0.2) is 0 Å². The molecule has 1 heterocycles. The molecule has 2 aromatic rings. The van der Waals surface area contributed by atoms with Crippen molar-refractivity contribution in [2.45, 2.75) is 18.6 Å². The summed E-state index contributed by atoms with van der Waals surface area (Å²) in [7, 11) is 0. The predicted molar refractivity (Wildman–Crippen MR) is 72.2 cm³/mol. The van der Waals surface area contributed by atoms with Crippen LogP contribution in [0, 0.1) is 0 Å². The Labute approximate surface area is 115 Å². The van der Waals surface area contributed by atoms with Crippen LogP contribution in [-0.4, -0.2) is 6.54 Å². The molecule has 0 radical (unpaired) electrons. The largest absolute Gasteiger partial charge is 0.416 e. The second kappa shape index (κ2) is 4.94. The minimum absolute atomic E-state index is 0.427. The Morgan fingerprint density at radius 2 is 1.35 bits per heavy atom. The fourth-order valence-corrected chi connectivity index (χ4v) is 2.33. The van der Waals surface area contributed by atoms with Crippen molar-refractivity contribution in [3.05, 3.63) is 59.7 Å². The van der Waals surface area contributed by atoms with Crippen LogP contribution < -0.4 is 5.32 Å². The molecule has 0 bridgehead atoms. The summed E-state index contributed by atoms with van der Waals surface area (Å²) in [6.07, 6.45) is -3.14. The first-order valence-electron chi connectivity index (χ1n) is 6.55. The number of hydrogen-bond acceptors (Lipinski definition) is 1. The molecule has 4 heteroatoms. The summed E-state index contributed by atoms with van der Waals surface area (Å²) in [5, 5.41) is 3.32. The maximum Gasteiger partial charge on any atom is 0.416 e. The Morgan fingerprint density at radius 1 is 0.850 bits per heavy atom. The monoisotopic (exact) mass is 277 g/mol. The molecule has 0 amide bonds. The second-order valence-corrected chi connectivity index (χ2v) is 4.99. The van der Waals surface area contributed by atoms with E-state index >= 15 is 0 Å². The Bertz CT molecular complexity index is 581. The van der Waals surface area contributed by atoms with Gasteiger partial charge in [-0.1, -0.05) is 36.4 Å². The number of alkyl halides is 3. The zero-order chi connectivity index (χ0) is 14.2. The van der Waals surface area contributed by atoms with Crippen LogP contribution >= 0.6 is 0 Å². The van der Waals surface area contributed by atoms with E-state index in [4.69, 9.17) is 0 Å². The molecule has 1 N–H and O–H groups in total. The number of hydrogen-bond donors (Lipinski definition) is 1. The summed E-state index contributed by atoms with van der Waals surface area (Å²) in [4.78, 5) is 0. The van der Waals surface area contributed by atoms with Gasteiger partial charge in [-0.15, -0.1) is 0 Å². The lowest BCUT2D eigenvalue weighted by atomic mass is 9.95. The summed E-state index contributed by atoms with van der Waals surface area (Å²) in [6, 6.07) is 13.7. The lowest BCUT2D eigenvalue weighted by Crippen LogP contribution is -2.34. The van der Waals surface area contributed by atoms with E-state index in [1.165, 1.54) is 17.7 Å². The molecule has 1 aliphatic heterocycles. The molecule has 0 spiro atoms. The molecule has 0 aliphatic carbocycles. The molecule has 1 nitrogen and oxygen atoms in total. The molecular formula is C16H14F3N. The fourth-order valence-electron chi connectivity index (χ4n) is 2.33. The van der Waals surface area contributed by atoms with Crippen molar-refractivity contribution in [1.82, 2.24) is 5.32 Å². The van der Waals surface area contributed by atoms with E-state index < -0.39 is 11.7 Å². The molecule has 0 unspecified atom stereocenters. The number of nitrogens with one attached hydrogen (secondary N) is 1. The smallest absolute Gasteiger partial charge is 0.310 e. The highest BCUT2D eigenvalue weighted by atomic mass is 19.4. The van der Waals surface area contributed by atoms with Crippen molar-refractivity contribution in [3.8, 4) is 11.1 Å². The van der Waals surface area contributed by atoms with Crippen LogP contribution in [-0.2, 0) is 6.18 Å². The molecule has 20 heavy (non-hydrogen) atoms. The molecule has 3 rings (SSSR count). The Morgan fingerprint density at radius 3 is 1.75 bits per heavy atom. The maximum absolute atomic E-state index is 12.5. The van der Waals surface area contributed by atoms with Gasteiger partial charge in [0.1, 0.15) is 0 Å². The molecule has 0 aromatic heterocycles. The van der Waals surface area contributed by atoms with Crippen LogP contribution in [0.2, 0.25) is 0 Å². The van der Waals surface area contributed by atoms with Gasteiger partial charge in [-0.3, -0.25) is 0 Å². The highest BCUT2D eigenvalue weighted by Crippen LogP contribution is 2.31. The van der Waals surface area contributed by atoms with E-state index in [-0.39, 0.29) is 0 Å². The van der Waals surface area contributed by atoms with Crippen molar-refractivity contribution in [3.63, 3.8) is 0 Å². The van der Waals surface area contributed by atoms with Gasteiger partial charge in [0.2, 0.25) is 0 Å². The first-order chi connectivity index (χ1) is 9.54. The van der Waals surface area contributed by atoms with Crippen LogP contribution in [0.4, 0.5) is 13.2 Å². The zero-order valence-electron chi connectivity index (χ0n) is 10.7. The van der Waals surface area contributed by atoms with Crippen molar-refractivity contribution in [1.29, 1.82) is 0 Å². The minimum Gasteiger partial charge on any atom is -0.310 e. The van der Waals surface area contributed by atoms with Crippen LogP contribution in [0.3, 0.4) is 0 Å². The standard InChI is InChI=1S/C16H14F3N/c17-16(18,19)14-7-5-12(6-8-14)11-1-3-13(4-2-11)15-9-10-20-15/h1-8,15,20H,9-10H2/t15-/m1/s1. The molecular weight excluding hydrogens is 263 g/mol. The average molecular weight is 277 g/mol. The van der Waals surface area contributed by atoms with Gasteiger partial charge in [0.15, 0.2) is 0 Å². The quantitative estimate of drug-likeness (QED) is 0.857. The molecule has 0 saturated carbocycles. The van der Waals surface area contributed by atoms with E-state index in [9.17, 15) is 13.2 Å². The van der Waals surface area contributed by atoms with Crippen LogP contribution in [0.1, 0.15) is 23.6 Å². The van der Waals surface area contributed by atoms with Gasteiger partial charge in [-0.05, 0) is 41.8 Å². The van der Waals surface area contributed by atoms with Crippen LogP contribution in [0.15, 0.2) is 48.5 Å². The number of benzene rings is 2. The first-order valence-corrected chi connectivity index (χ1v) is 6.55. The summed E-state index contributed by atoms with van der Waals surface area (Å²) in [6.45, 7) is 1.05. The third-order valence-corrected chi connectivity index (χ3v) is 3.68. The lowest BCUT2D eigenvalue weighted by molar-refractivity contribution is -0.137. The summed E-state index contributed by atoms with van der Waals surface area (Å²) >= 11 is 0. The van der Waals surface area contributed by atoms with E-state index in [0.29, 0.717) is 6.04 Å². The van der Waals surface area contributed by atoms with Gasteiger partial charge < -0.3 is 5.32 Å². The third kappa shape index (κ3) is 2.56. The zero-order valence-corrected chi connectivity index (χ0v) is 10.7. The normalized spacial score (nSPS) is 18.6. The summed E-state index contributed by atoms with van der Waals surface area (Å²) < 4.78 is 37.5. The van der Waals surface area contributed by atoms with Gasteiger partial charge >= 0.3 is 6.18 Å². The fraction of sp³-hybridized carbons (Fsp3) is 0.250. The maximum atomic E-state index is 12.5. The van der Waals surface area contributed by atoms with Gasteiger partial charge in [0.05, 0.1) is 5.56 Å². The predicted octanol–water partition coefficient (Wildman–Crippen LogP) is 4.41. The van der Waals surface area contributed by atoms with E-state index in [2.05, 4.69) is 5.32 Å². The van der Waals surface area contributed by atoms with Crippen LogP contribution in [0.5, 0.6) is 0 Å². The van der Waals surface area contributed by atoms with Crippen molar-refractivity contribution >= 4 is 0 Å². The third-order valence-electron chi connectivity index (χ3n) is 3.68. The Kier molecular flexibility index (Phi) is 3.26. The van der Waals surface area contributed by atoms with Crippen molar-refractivity contribution < 1.29 is 13.2 Å². The minimum atomic E-state index is -4.28. The lowest BCUT2D eigenvalue weighted by Gasteiger charge is -2.28. The van der Waals surface area contributed by atoms with Gasteiger partial charge in [0, 0.05) is 6.04 Å². The second-order valence-electron chi connectivity index (χ2n) is 4.99. The SMILES string of the molecule is FC(F)(F)c1ccc(-c2ccc([C@H]3CCN3)cc2)cc1. The molecule has 104 valence electrons. The van der Waals surface area contributed by atoms with Crippen molar-refractivity contribution in [2.75, 3.05) is 6.54 Å². The summed E-state index contributed by atoms with van der Waals surface area (Å²) in [5.74, 6) is 0. The Balaban J connectivity index is 1.81.